The Hall–Kier alpha value is -2.43. The highest BCUT2D eigenvalue weighted by Gasteiger charge is 2.06. The number of hydrogen-bond donors (Lipinski definition) is 1. The maximum Gasteiger partial charge on any atom is 0.328 e. The van der Waals surface area contributed by atoms with Gasteiger partial charge in [0.05, 0.1) is 5.69 Å². The number of aliphatic carboxylic acids is 1. The second kappa shape index (κ2) is 6.14. The van der Waals surface area contributed by atoms with E-state index in [1.54, 1.807) is 18.5 Å². The van der Waals surface area contributed by atoms with Crippen LogP contribution in [0.2, 0.25) is 0 Å². The number of carbonyl (C=O) groups is 1. The van der Waals surface area contributed by atoms with Crippen molar-refractivity contribution in [3.05, 3.63) is 53.9 Å². The molecule has 1 aromatic heterocycles. The van der Waals surface area contributed by atoms with Crippen LogP contribution >= 0.6 is 0 Å². The van der Waals surface area contributed by atoms with E-state index in [0.717, 1.165) is 24.7 Å². The largest absolute Gasteiger partial charge is 0.478 e. The van der Waals surface area contributed by atoms with Gasteiger partial charge in [-0.15, -0.1) is 0 Å². The zero-order valence-corrected chi connectivity index (χ0v) is 11.1. The van der Waals surface area contributed by atoms with Gasteiger partial charge in [0, 0.05) is 24.9 Å². The van der Waals surface area contributed by atoms with Crippen LogP contribution in [-0.2, 0) is 11.2 Å². The molecule has 4 nitrogen and oxygen atoms in total. The molecule has 2 aromatic rings. The van der Waals surface area contributed by atoms with E-state index in [1.807, 2.05) is 11.5 Å². The number of carboxylic acid groups (broad SMARTS) is 1. The van der Waals surface area contributed by atoms with E-state index in [2.05, 4.69) is 4.98 Å². The van der Waals surface area contributed by atoms with Crippen molar-refractivity contribution in [3.8, 4) is 5.69 Å². The molecule has 0 unspecified atom stereocenters. The Kier molecular flexibility index (Phi) is 4.30. The van der Waals surface area contributed by atoms with Crippen LogP contribution < -0.4 is 0 Å². The van der Waals surface area contributed by atoms with Crippen LogP contribution in [0.1, 0.15) is 24.7 Å². The molecular weight excluding hydrogens is 259 g/mol. The van der Waals surface area contributed by atoms with E-state index in [4.69, 9.17) is 5.11 Å². The van der Waals surface area contributed by atoms with Crippen LogP contribution in [0.3, 0.4) is 0 Å². The van der Waals surface area contributed by atoms with Crippen LogP contribution in [0.15, 0.2) is 36.7 Å². The van der Waals surface area contributed by atoms with Gasteiger partial charge in [0.1, 0.15) is 11.6 Å². The van der Waals surface area contributed by atoms with Gasteiger partial charge in [0.25, 0.3) is 0 Å². The summed E-state index contributed by atoms with van der Waals surface area (Å²) < 4.78 is 15.5. The summed E-state index contributed by atoms with van der Waals surface area (Å²) in [6, 6.07) is 4.42. The zero-order chi connectivity index (χ0) is 14.5. The fourth-order valence-electron chi connectivity index (χ4n) is 1.98. The van der Waals surface area contributed by atoms with Crippen molar-refractivity contribution in [1.29, 1.82) is 0 Å². The average Bonchev–Trinajstić information content (AvgIpc) is 2.84. The van der Waals surface area contributed by atoms with Gasteiger partial charge >= 0.3 is 5.97 Å². The Morgan fingerprint density at radius 3 is 2.95 bits per heavy atom. The highest BCUT2D eigenvalue weighted by molar-refractivity contribution is 5.85. The molecule has 1 N–H and O–H groups in total. The van der Waals surface area contributed by atoms with Gasteiger partial charge in [-0.1, -0.05) is 6.92 Å². The molecule has 104 valence electrons. The lowest BCUT2D eigenvalue weighted by Gasteiger charge is -2.08. The summed E-state index contributed by atoms with van der Waals surface area (Å²) in [4.78, 5) is 14.8. The molecule has 0 aliphatic rings. The molecule has 2 rings (SSSR count). The van der Waals surface area contributed by atoms with Gasteiger partial charge in [-0.2, -0.15) is 0 Å². The molecule has 0 amide bonds. The van der Waals surface area contributed by atoms with E-state index in [-0.39, 0.29) is 0 Å². The Morgan fingerprint density at radius 1 is 1.45 bits per heavy atom. The Morgan fingerprint density at radius 2 is 2.25 bits per heavy atom. The van der Waals surface area contributed by atoms with Crippen molar-refractivity contribution in [2.75, 3.05) is 0 Å². The van der Waals surface area contributed by atoms with E-state index < -0.39 is 11.8 Å². The van der Waals surface area contributed by atoms with E-state index in [1.165, 1.54) is 18.2 Å². The van der Waals surface area contributed by atoms with E-state index >= 15 is 0 Å². The molecule has 1 aromatic carbocycles. The molecule has 0 aliphatic carbocycles. The van der Waals surface area contributed by atoms with Crippen LogP contribution in [0.5, 0.6) is 0 Å². The van der Waals surface area contributed by atoms with Crippen LogP contribution in [0, 0.1) is 5.82 Å². The second-order valence-corrected chi connectivity index (χ2v) is 4.38. The first kappa shape index (κ1) is 14.0. The monoisotopic (exact) mass is 274 g/mol. The summed E-state index contributed by atoms with van der Waals surface area (Å²) in [5.41, 5.74) is 1.13. The first-order valence-electron chi connectivity index (χ1n) is 6.34. The smallest absolute Gasteiger partial charge is 0.328 e. The number of benzene rings is 1. The normalized spacial score (nSPS) is 11.1. The van der Waals surface area contributed by atoms with Gasteiger partial charge < -0.3 is 9.67 Å². The summed E-state index contributed by atoms with van der Waals surface area (Å²) in [7, 11) is 0. The molecule has 0 aliphatic heterocycles. The van der Waals surface area contributed by atoms with Gasteiger partial charge in [0.15, 0.2) is 0 Å². The number of carboxylic acids is 1. The summed E-state index contributed by atoms with van der Waals surface area (Å²) in [5.74, 6) is -0.625. The standard InChI is InChI=1S/C15H15FN2O2/c1-2-3-14-17-6-7-18(14)13-9-11(4-5-15(19)20)8-12(16)10-13/h4-10H,2-3H2,1H3,(H,19,20)/b5-4+. The molecule has 0 saturated carbocycles. The topological polar surface area (TPSA) is 55.1 Å². The number of rotatable bonds is 5. The molecule has 5 heteroatoms. The van der Waals surface area contributed by atoms with Gasteiger partial charge in [-0.3, -0.25) is 0 Å². The minimum absolute atomic E-state index is 0.413. The summed E-state index contributed by atoms with van der Waals surface area (Å²) in [6.45, 7) is 2.05. The van der Waals surface area contributed by atoms with E-state index in [9.17, 15) is 9.18 Å². The Labute approximate surface area is 116 Å². The van der Waals surface area contributed by atoms with Crippen LogP contribution in [0.4, 0.5) is 4.39 Å². The second-order valence-electron chi connectivity index (χ2n) is 4.38. The van der Waals surface area contributed by atoms with Crippen LogP contribution in [-0.4, -0.2) is 20.6 Å². The van der Waals surface area contributed by atoms with Crippen molar-refractivity contribution in [2.45, 2.75) is 19.8 Å². The van der Waals surface area contributed by atoms with Crippen molar-refractivity contribution in [2.24, 2.45) is 0 Å². The highest BCUT2D eigenvalue weighted by Crippen LogP contribution is 2.17. The predicted molar refractivity (Wildman–Crippen MR) is 74.2 cm³/mol. The predicted octanol–water partition coefficient (Wildman–Crippen LogP) is 3.06. The lowest BCUT2D eigenvalue weighted by atomic mass is 10.1. The number of halogens is 1. The summed E-state index contributed by atoms with van der Waals surface area (Å²) >= 11 is 0. The minimum Gasteiger partial charge on any atom is -0.478 e. The van der Waals surface area contributed by atoms with Gasteiger partial charge in [-0.25, -0.2) is 14.2 Å². The average molecular weight is 274 g/mol. The Bertz CT molecular complexity index is 647. The molecule has 0 saturated heterocycles. The van der Waals surface area contributed by atoms with Gasteiger partial charge in [0.2, 0.25) is 0 Å². The first-order valence-corrected chi connectivity index (χ1v) is 6.34. The summed E-state index contributed by atoms with van der Waals surface area (Å²) in [6.07, 6.45) is 7.53. The third kappa shape index (κ3) is 3.32. The number of imidazole rings is 1. The number of aromatic nitrogens is 2. The van der Waals surface area contributed by atoms with Crippen molar-refractivity contribution < 1.29 is 14.3 Å². The fraction of sp³-hybridized carbons (Fsp3) is 0.200. The fourth-order valence-corrected chi connectivity index (χ4v) is 1.98. The van der Waals surface area contributed by atoms with E-state index in [0.29, 0.717) is 11.3 Å². The summed E-state index contributed by atoms with van der Waals surface area (Å²) in [5, 5.41) is 8.62. The lowest BCUT2D eigenvalue weighted by molar-refractivity contribution is -0.131. The molecule has 0 atom stereocenters. The maximum absolute atomic E-state index is 13.6. The highest BCUT2D eigenvalue weighted by atomic mass is 19.1. The molecule has 0 spiro atoms. The maximum atomic E-state index is 13.6. The molecule has 0 radical (unpaired) electrons. The molecule has 1 heterocycles. The van der Waals surface area contributed by atoms with Gasteiger partial charge in [-0.05, 0) is 36.3 Å². The number of nitrogens with zero attached hydrogens (tertiary/aromatic N) is 2. The lowest BCUT2D eigenvalue weighted by Crippen LogP contribution is -2.01. The van der Waals surface area contributed by atoms with Crippen molar-refractivity contribution >= 4 is 12.0 Å². The first-order chi connectivity index (χ1) is 9.60. The molecule has 20 heavy (non-hydrogen) atoms. The number of aryl methyl sites for hydroxylation is 1. The molecule has 0 bridgehead atoms. The number of hydrogen-bond acceptors (Lipinski definition) is 2. The third-order valence-electron chi connectivity index (χ3n) is 2.79. The van der Waals surface area contributed by atoms with Crippen LogP contribution in [0.25, 0.3) is 11.8 Å². The quantitative estimate of drug-likeness (QED) is 0.852. The Balaban J connectivity index is 2.41. The van der Waals surface area contributed by atoms with Crippen molar-refractivity contribution in [3.63, 3.8) is 0 Å². The third-order valence-corrected chi connectivity index (χ3v) is 2.79. The molecule has 0 fully saturated rings. The minimum atomic E-state index is -1.06. The molecular formula is C15H15FN2O2. The SMILES string of the molecule is CCCc1nccn1-c1cc(F)cc(/C=C/C(=O)O)c1. The van der Waals surface area contributed by atoms with Crippen molar-refractivity contribution in [1.82, 2.24) is 9.55 Å². The zero-order valence-electron chi connectivity index (χ0n) is 11.1.